The summed E-state index contributed by atoms with van der Waals surface area (Å²) >= 11 is 1.66. The van der Waals surface area contributed by atoms with Crippen LogP contribution in [-0.2, 0) is 10.0 Å². The molecule has 8 heteroatoms. The maximum Gasteiger partial charge on any atom is 0.261 e. The predicted octanol–water partition coefficient (Wildman–Crippen LogP) is 6.27. The molecule has 1 N–H and O–H groups in total. The summed E-state index contributed by atoms with van der Waals surface area (Å²) in [5.41, 5.74) is 2.35. The Labute approximate surface area is 196 Å². The molecule has 0 aliphatic rings. The number of aromatic nitrogens is 2. The van der Waals surface area contributed by atoms with Crippen molar-refractivity contribution < 1.29 is 8.42 Å². The molecular weight excluding hydrogens is 452 g/mol. The van der Waals surface area contributed by atoms with Crippen LogP contribution in [0.4, 0.5) is 22.2 Å². The highest BCUT2D eigenvalue weighted by Crippen LogP contribution is 2.40. The summed E-state index contributed by atoms with van der Waals surface area (Å²) < 4.78 is 29.3. The Morgan fingerprint density at radius 2 is 1.67 bits per heavy atom. The Morgan fingerprint density at radius 1 is 0.909 bits per heavy atom. The van der Waals surface area contributed by atoms with Gasteiger partial charge in [-0.1, -0.05) is 35.9 Å². The molecule has 0 unspecified atom stereocenters. The Kier molecular flexibility index (Phi) is 5.53. The molecule has 0 bridgehead atoms. The maximum absolute atomic E-state index is 12.7. The van der Waals surface area contributed by atoms with Crippen molar-refractivity contribution in [2.75, 3.05) is 9.62 Å². The number of nitrogens with zero attached hydrogens (tertiary/aromatic N) is 3. The summed E-state index contributed by atoms with van der Waals surface area (Å²) in [6, 6.07) is 26.2. The number of aryl methyl sites for hydroxylation is 1. The Bertz CT molecular complexity index is 1470. The van der Waals surface area contributed by atoms with E-state index in [4.69, 9.17) is 0 Å². The molecule has 0 fully saturated rings. The first-order valence-electron chi connectivity index (χ1n) is 10.2. The maximum atomic E-state index is 12.7. The monoisotopic (exact) mass is 472 g/mol. The highest BCUT2D eigenvalue weighted by Gasteiger charge is 2.18. The van der Waals surface area contributed by atoms with Gasteiger partial charge in [0.25, 0.3) is 10.0 Å². The second kappa shape index (κ2) is 8.65. The molecule has 0 spiro atoms. The first-order valence-corrected chi connectivity index (χ1v) is 12.5. The first kappa shape index (κ1) is 21.1. The molecule has 5 aromatic rings. The van der Waals surface area contributed by atoms with E-state index in [1.54, 1.807) is 53.9 Å². The zero-order valence-corrected chi connectivity index (χ0v) is 19.3. The van der Waals surface area contributed by atoms with E-state index in [0.29, 0.717) is 5.69 Å². The van der Waals surface area contributed by atoms with Crippen molar-refractivity contribution in [3.05, 3.63) is 103 Å². The quantitative estimate of drug-likeness (QED) is 0.315. The largest absolute Gasteiger partial charge is 0.286 e. The molecule has 0 radical (unpaired) electrons. The fraction of sp³-hybridized carbons (Fsp3) is 0.0400. The first-order chi connectivity index (χ1) is 16.0. The van der Waals surface area contributed by atoms with Crippen LogP contribution in [0.2, 0.25) is 0 Å². The third-order valence-electron chi connectivity index (χ3n) is 5.14. The second-order valence-corrected chi connectivity index (χ2v) is 10.2. The Morgan fingerprint density at radius 3 is 2.36 bits per heavy atom. The minimum atomic E-state index is -3.67. The van der Waals surface area contributed by atoms with Crippen LogP contribution in [0.1, 0.15) is 5.56 Å². The highest BCUT2D eigenvalue weighted by atomic mass is 32.2. The molecule has 3 aromatic carbocycles. The van der Waals surface area contributed by atoms with E-state index in [9.17, 15) is 8.42 Å². The van der Waals surface area contributed by atoms with E-state index in [0.717, 1.165) is 27.5 Å². The van der Waals surface area contributed by atoms with Crippen molar-refractivity contribution in [2.45, 2.75) is 11.8 Å². The molecule has 0 saturated heterocycles. The third-order valence-corrected chi connectivity index (χ3v) is 7.64. The molecule has 5 rings (SSSR count). The number of hydrogen-bond donors (Lipinski definition) is 1. The lowest BCUT2D eigenvalue weighted by Crippen LogP contribution is -2.13. The molecule has 6 nitrogen and oxygen atoms in total. The van der Waals surface area contributed by atoms with Crippen molar-refractivity contribution in [3.63, 3.8) is 0 Å². The van der Waals surface area contributed by atoms with Crippen molar-refractivity contribution in [3.8, 4) is 0 Å². The smallest absolute Gasteiger partial charge is 0.261 e. The third kappa shape index (κ3) is 4.44. The number of fused-ring (bicyclic) bond motifs is 1. The van der Waals surface area contributed by atoms with Gasteiger partial charge in [-0.05, 0) is 66.9 Å². The highest BCUT2D eigenvalue weighted by molar-refractivity contribution is 7.92. The van der Waals surface area contributed by atoms with Crippen LogP contribution < -0.4 is 9.62 Å². The topological polar surface area (TPSA) is 75.2 Å². The molecular formula is C25H20N4O2S2. The van der Waals surface area contributed by atoms with E-state index >= 15 is 0 Å². The van der Waals surface area contributed by atoms with Gasteiger partial charge in [0.1, 0.15) is 17.1 Å². The van der Waals surface area contributed by atoms with Crippen LogP contribution in [0.5, 0.6) is 0 Å². The van der Waals surface area contributed by atoms with Gasteiger partial charge in [-0.3, -0.25) is 9.62 Å². The molecule has 33 heavy (non-hydrogen) atoms. The van der Waals surface area contributed by atoms with Crippen LogP contribution in [-0.4, -0.2) is 18.4 Å². The van der Waals surface area contributed by atoms with Crippen molar-refractivity contribution in [1.29, 1.82) is 0 Å². The summed E-state index contributed by atoms with van der Waals surface area (Å²) in [5, 5.41) is 2.15. The number of hydrogen-bond acceptors (Lipinski definition) is 6. The minimum absolute atomic E-state index is 0.227. The van der Waals surface area contributed by atoms with Crippen molar-refractivity contribution in [2.24, 2.45) is 0 Å². The molecule has 0 atom stereocenters. The average molecular weight is 473 g/mol. The number of sulfonamides is 1. The predicted molar refractivity (Wildman–Crippen MR) is 134 cm³/mol. The van der Waals surface area contributed by atoms with E-state index in [-0.39, 0.29) is 4.90 Å². The fourth-order valence-electron chi connectivity index (χ4n) is 3.48. The Hall–Kier alpha value is -3.75. The average Bonchev–Trinajstić information content (AvgIpc) is 3.25. The van der Waals surface area contributed by atoms with Gasteiger partial charge in [-0.2, -0.15) is 0 Å². The number of thiophene rings is 1. The summed E-state index contributed by atoms with van der Waals surface area (Å²) in [5.74, 6) is 0.726. The van der Waals surface area contributed by atoms with Gasteiger partial charge in [0.05, 0.1) is 4.90 Å². The van der Waals surface area contributed by atoms with Gasteiger partial charge in [-0.25, -0.2) is 18.4 Å². The van der Waals surface area contributed by atoms with Gasteiger partial charge in [0.2, 0.25) is 0 Å². The standard InChI is InChI=1S/C25H20N4O2S2/c1-18-6-12-22(13-7-18)33(30,31)28-20-8-10-21(11-9-20)29(24-14-15-26-17-27-24)25-16-19-4-2-3-5-23(19)32-25/h2-17,28H,1H3. The molecule has 2 heterocycles. The summed E-state index contributed by atoms with van der Waals surface area (Å²) in [7, 11) is -3.67. The number of rotatable bonds is 6. The SMILES string of the molecule is Cc1ccc(S(=O)(=O)Nc2ccc(N(c3ccncn3)c3cc4ccccc4s3)cc2)cc1. The molecule has 0 aliphatic heterocycles. The van der Waals surface area contributed by atoms with Gasteiger partial charge in [-0.15, -0.1) is 11.3 Å². The lowest BCUT2D eigenvalue weighted by atomic mass is 10.2. The zero-order valence-electron chi connectivity index (χ0n) is 17.7. The molecule has 164 valence electrons. The summed E-state index contributed by atoms with van der Waals surface area (Å²) in [4.78, 5) is 10.7. The zero-order chi connectivity index (χ0) is 22.8. The fourth-order valence-corrected chi connectivity index (χ4v) is 5.63. The van der Waals surface area contributed by atoms with Crippen LogP contribution in [0, 0.1) is 6.92 Å². The normalized spacial score (nSPS) is 11.4. The van der Waals surface area contributed by atoms with Gasteiger partial charge < -0.3 is 0 Å². The number of benzene rings is 3. The minimum Gasteiger partial charge on any atom is -0.286 e. The Balaban J connectivity index is 1.48. The van der Waals surface area contributed by atoms with Crippen LogP contribution in [0.3, 0.4) is 0 Å². The van der Waals surface area contributed by atoms with Crippen LogP contribution in [0.25, 0.3) is 10.1 Å². The lowest BCUT2D eigenvalue weighted by Gasteiger charge is -2.22. The van der Waals surface area contributed by atoms with Crippen LogP contribution >= 0.6 is 11.3 Å². The lowest BCUT2D eigenvalue weighted by molar-refractivity contribution is 0.601. The number of anilines is 4. The van der Waals surface area contributed by atoms with E-state index in [1.165, 1.54) is 11.0 Å². The van der Waals surface area contributed by atoms with Crippen molar-refractivity contribution >= 4 is 53.6 Å². The van der Waals surface area contributed by atoms with Crippen molar-refractivity contribution in [1.82, 2.24) is 9.97 Å². The van der Waals surface area contributed by atoms with Gasteiger partial charge in [0.15, 0.2) is 0 Å². The molecule has 0 saturated carbocycles. The molecule has 0 aliphatic carbocycles. The van der Waals surface area contributed by atoms with E-state index < -0.39 is 10.0 Å². The summed E-state index contributed by atoms with van der Waals surface area (Å²) in [6.07, 6.45) is 3.21. The van der Waals surface area contributed by atoms with E-state index in [2.05, 4.69) is 32.9 Å². The summed E-state index contributed by atoms with van der Waals surface area (Å²) in [6.45, 7) is 1.92. The molecule has 2 aromatic heterocycles. The van der Waals surface area contributed by atoms with Crippen LogP contribution in [0.15, 0.2) is 102 Å². The van der Waals surface area contributed by atoms with E-state index in [1.807, 2.05) is 42.2 Å². The second-order valence-electron chi connectivity index (χ2n) is 7.49. The number of nitrogens with one attached hydrogen (secondary N) is 1. The molecule has 0 amide bonds. The van der Waals surface area contributed by atoms with Gasteiger partial charge in [0, 0.05) is 22.3 Å². The van der Waals surface area contributed by atoms with Gasteiger partial charge >= 0.3 is 0 Å².